The second-order valence-electron chi connectivity index (χ2n) is 4.80. The Bertz CT molecular complexity index is 746. The van der Waals surface area contributed by atoms with Crippen molar-refractivity contribution in [2.75, 3.05) is 18.5 Å². The highest BCUT2D eigenvalue weighted by molar-refractivity contribution is 5.89. The van der Waals surface area contributed by atoms with Crippen LogP contribution in [-0.4, -0.2) is 29.0 Å². The number of halogens is 3. The molecule has 0 radical (unpaired) electrons. The summed E-state index contributed by atoms with van der Waals surface area (Å²) < 4.78 is 42.2. The van der Waals surface area contributed by atoms with E-state index in [9.17, 15) is 28.1 Å². The molecule has 0 atom stereocenters. The van der Waals surface area contributed by atoms with Crippen molar-refractivity contribution < 1.29 is 27.6 Å². The van der Waals surface area contributed by atoms with Gasteiger partial charge in [0.25, 0.3) is 5.69 Å². The summed E-state index contributed by atoms with van der Waals surface area (Å²) >= 11 is 0. The lowest BCUT2D eigenvalue weighted by Gasteiger charge is -2.09. The number of esters is 1. The van der Waals surface area contributed by atoms with Gasteiger partial charge in [0.05, 0.1) is 22.6 Å². The highest BCUT2D eigenvalue weighted by Gasteiger charge is 2.30. The van der Waals surface area contributed by atoms with Gasteiger partial charge >= 0.3 is 12.1 Å². The fourth-order valence-corrected chi connectivity index (χ4v) is 1.80. The number of pyridine rings is 1. The topological polar surface area (TPSA) is 94.4 Å². The molecule has 10 heteroatoms. The first-order valence-electron chi connectivity index (χ1n) is 6.96. The van der Waals surface area contributed by atoms with Crippen molar-refractivity contribution in [1.82, 2.24) is 4.98 Å². The molecule has 0 bridgehead atoms. The van der Waals surface area contributed by atoms with E-state index in [0.29, 0.717) is 5.82 Å². The van der Waals surface area contributed by atoms with Crippen LogP contribution in [0.5, 0.6) is 0 Å². The summed E-state index contributed by atoms with van der Waals surface area (Å²) in [6, 6.07) is 6.34. The van der Waals surface area contributed by atoms with Crippen LogP contribution >= 0.6 is 0 Å². The van der Waals surface area contributed by atoms with Crippen LogP contribution in [0.25, 0.3) is 0 Å². The molecule has 7 nitrogen and oxygen atoms in total. The molecule has 2 rings (SSSR count). The predicted octanol–water partition coefficient (Wildman–Crippen LogP) is 3.28. The third kappa shape index (κ3) is 5.16. The number of aromatic nitrogens is 1. The van der Waals surface area contributed by atoms with E-state index < -0.39 is 22.6 Å². The zero-order chi connectivity index (χ0) is 18.4. The Kier molecular flexibility index (Phi) is 5.52. The molecule has 2 aromatic rings. The minimum Gasteiger partial charge on any atom is -0.460 e. The Morgan fingerprint density at radius 2 is 1.88 bits per heavy atom. The Morgan fingerprint density at radius 1 is 1.20 bits per heavy atom. The molecule has 0 saturated carbocycles. The van der Waals surface area contributed by atoms with Gasteiger partial charge in [0.15, 0.2) is 0 Å². The average Bonchev–Trinajstić information content (AvgIpc) is 2.58. The van der Waals surface area contributed by atoms with E-state index in [1.165, 1.54) is 12.1 Å². The molecule has 1 N–H and O–H groups in total. The smallest absolute Gasteiger partial charge is 0.416 e. The molecule has 25 heavy (non-hydrogen) atoms. The number of nitro groups is 1. The first kappa shape index (κ1) is 18.2. The van der Waals surface area contributed by atoms with E-state index in [1.54, 1.807) is 0 Å². The zero-order valence-electron chi connectivity index (χ0n) is 12.6. The highest BCUT2D eigenvalue weighted by Crippen LogP contribution is 2.29. The SMILES string of the molecule is O=C(OCCNc1ccc([N+](=O)[O-])cn1)c1ccc(C(F)(F)F)cc1. The lowest BCUT2D eigenvalue weighted by Crippen LogP contribution is -2.14. The molecular formula is C15H12F3N3O4. The fraction of sp³-hybridized carbons (Fsp3) is 0.200. The summed E-state index contributed by atoms with van der Waals surface area (Å²) in [6.07, 6.45) is -3.39. The molecule has 0 unspecified atom stereocenters. The number of rotatable bonds is 6. The number of carbonyl (C=O) groups excluding carboxylic acids is 1. The van der Waals surface area contributed by atoms with Crippen molar-refractivity contribution in [2.45, 2.75) is 6.18 Å². The molecule has 0 saturated heterocycles. The summed E-state index contributed by atoms with van der Waals surface area (Å²) in [7, 11) is 0. The van der Waals surface area contributed by atoms with Crippen molar-refractivity contribution in [1.29, 1.82) is 0 Å². The van der Waals surface area contributed by atoms with Crippen molar-refractivity contribution in [3.05, 3.63) is 63.8 Å². The zero-order valence-corrected chi connectivity index (χ0v) is 12.6. The van der Waals surface area contributed by atoms with Crippen LogP contribution in [0.4, 0.5) is 24.7 Å². The molecule has 1 aromatic carbocycles. The molecule has 1 heterocycles. The summed E-state index contributed by atoms with van der Waals surface area (Å²) in [6.45, 7) is 0.121. The Morgan fingerprint density at radius 3 is 2.40 bits per heavy atom. The van der Waals surface area contributed by atoms with Crippen LogP contribution in [-0.2, 0) is 10.9 Å². The van der Waals surface area contributed by atoms with Crippen molar-refractivity contribution >= 4 is 17.5 Å². The standard InChI is InChI=1S/C15H12F3N3O4/c16-15(17,18)11-3-1-10(2-4-11)14(22)25-8-7-19-13-6-5-12(9-20-13)21(23)24/h1-6,9H,7-8H2,(H,19,20). The number of benzene rings is 1. The van der Waals surface area contributed by atoms with Crippen LogP contribution in [0.2, 0.25) is 0 Å². The quantitative estimate of drug-likeness (QED) is 0.370. The minimum atomic E-state index is -4.47. The number of hydrogen-bond donors (Lipinski definition) is 1. The number of hydrogen-bond acceptors (Lipinski definition) is 6. The van der Waals surface area contributed by atoms with Gasteiger partial charge in [-0.15, -0.1) is 0 Å². The van der Waals surface area contributed by atoms with E-state index >= 15 is 0 Å². The lowest BCUT2D eigenvalue weighted by atomic mass is 10.1. The highest BCUT2D eigenvalue weighted by atomic mass is 19.4. The Balaban J connectivity index is 1.79. The number of ether oxygens (including phenoxy) is 1. The van der Waals surface area contributed by atoms with E-state index in [-0.39, 0.29) is 24.4 Å². The second kappa shape index (κ2) is 7.60. The van der Waals surface area contributed by atoms with E-state index in [1.807, 2.05) is 0 Å². The first-order valence-corrected chi connectivity index (χ1v) is 6.96. The van der Waals surface area contributed by atoms with E-state index in [0.717, 1.165) is 30.5 Å². The van der Waals surface area contributed by atoms with E-state index in [2.05, 4.69) is 10.3 Å². The molecule has 0 aliphatic heterocycles. The maximum Gasteiger partial charge on any atom is 0.416 e. The molecule has 1 aromatic heterocycles. The monoisotopic (exact) mass is 355 g/mol. The van der Waals surface area contributed by atoms with Crippen molar-refractivity contribution in [2.24, 2.45) is 0 Å². The van der Waals surface area contributed by atoms with Gasteiger partial charge in [-0.25, -0.2) is 9.78 Å². The van der Waals surface area contributed by atoms with Crippen LogP contribution in [0.15, 0.2) is 42.6 Å². The lowest BCUT2D eigenvalue weighted by molar-refractivity contribution is -0.385. The van der Waals surface area contributed by atoms with Gasteiger partial charge in [-0.2, -0.15) is 13.2 Å². The number of nitrogens with one attached hydrogen (secondary N) is 1. The summed E-state index contributed by atoms with van der Waals surface area (Å²) in [4.78, 5) is 25.4. The minimum absolute atomic E-state index is 0.00135. The van der Waals surface area contributed by atoms with Gasteiger partial charge in [0, 0.05) is 6.07 Å². The normalized spacial score (nSPS) is 11.0. The third-order valence-electron chi connectivity index (χ3n) is 3.05. The van der Waals surface area contributed by atoms with Crippen LogP contribution in [0.1, 0.15) is 15.9 Å². The van der Waals surface area contributed by atoms with Crippen LogP contribution < -0.4 is 5.32 Å². The summed E-state index contributed by atoms with van der Waals surface area (Å²) in [5, 5.41) is 13.3. The van der Waals surface area contributed by atoms with Gasteiger partial charge in [0.2, 0.25) is 0 Å². The number of alkyl halides is 3. The predicted molar refractivity (Wildman–Crippen MR) is 81.1 cm³/mol. The van der Waals surface area contributed by atoms with Gasteiger partial charge in [0.1, 0.15) is 18.6 Å². The largest absolute Gasteiger partial charge is 0.460 e. The van der Waals surface area contributed by atoms with Gasteiger partial charge < -0.3 is 10.1 Å². The molecule has 0 amide bonds. The second-order valence-corrected chi connectivity index (χ2v) is 4.80. The summed E-state index contributed by atoms with van der Waals surface area (Å²) in [5.41, 5.74) is -1.00. The van der Waals surface area contributed by atoms with Crippen molar-refractivity contribution in [3.8, 4) is 0 Å². The van der Waals surface area contributed by atoms with Crippen LogP contribution in [0.3, 0.4) is 0 Å². The summed E-state index contributed by atoms with van der Waals surface area (Å²) in [5.74, 6) is -0.400. The molecule has 0 aliphatic carbocycles. The van der Waals surface area contributed by atoms with Gasteiger partial charge in [-0.1, -0.05) is 0 Å². The molecule has 0 spiro atoms. The van der Waals surface area contributed by atoms with Crippen molar-refractivity contribution in [3.63, 3.8) is 0 Å². The molecule has 132 valence electrons. The fourth-order valence-electron chi connectivity index (χ4n) is 1.80. The molecular weight excluding hydrogens is 343 g/mol. The first-order chi connectivity index (χ1) is 11.8. The number of anilines is 1. The third-order valence-corrected chi connectivity index (χ3v) is 3.05. The average molecular weight is 355 g/mol. The van der Waals surface area contributed by atoms with Crippen LogP contribution in [0, 0.1) is 10.1 Å². The Labute approximate surface area is 139 Å². The number of nitrogens with zero attached hydrogens (tertiary/aromatic N) is 2. The Hall–Kier alpha value is -3.17. The molecule has 0 aliphatic rings. The maximum absolute atomic E-state index is 12.4. The maximum atomic E-state index is 12.4. The number of carbonyl (C=O) groups is 1. The van der Waals surface area contributed by atoms with E-state index in [4.69, 9.17) is 4.74 Å². The van der Waals surface area contributed by atoms with Gasteiger partial charge in [-0.3, -0.25) is 10.1 Å². The molecule has 0 fully saturated rings. The van der Waals surface area contributed by atoms with Gasteiger partial charge in [-0.05, 0) is 30.3 Å².